The van der Waals surface area contributed by atoms with Gasteiger partial charge in [0.15, 0.2) is 0 Å². The number of carbonyl (C=O) groups is 2. The zero-order valence-corrected chi connectivity index (χ0v) is 14.8. The Morgan fingerprint density at radius 3 is 2.24 bits per heavy atom. The van der Waals surface area contributed by atoms with E-state index in [9.17, 15) is 9.59 Å². The van der Waals surface area contributed by atoms with Crippen molar-refractivity contribution in [1.82, 2.24) is 9.88 Å². The molecule has 2 heterocycles. The van der Waals surface area contributed by atoms with Gasteiger partial charge in [0.05, 0.1) is 15.7 Å². The summed E-state index contributed by atoms with van der Waals surface area (Å²) in [6.45, 7) is 2.12. The fourth-order valence-corrected chi connectivity index (χ4v) is 3.10. The number of carbonyl (C=O) groups excluding carboxylic acids is 2. The molecule has 2 aromatic rings. The molecule has 0 bridgehead atoms. The van der Waals surface area contributed by atoms with Gasteiger partial charge >= 0.3 is 11.8 Å². The van der Waals surface area contributed by atoms with E-state index in [0.29, 0.717) is 26.2 Å². The summed E-state index contributed by atoms with van der Waals surface area (Å²) in [6.07, 6.45) is 1.73. The number of benzene rings is 1. The third-order valence-electron chi connectivity index (χ3n) is 3.94. The number of hydrogen-bond acceptors (Lipinski definition) is 4. The Morgan fingerprint density at radius 2 is 1.64 bits per heavy atom. The molecule has 6 nitrogen and oxygen atoms in total. The average molecular weight is 379 g/mol. The predicted molar refractivity (Wildman–Crippen MR) is 98.1 cm³/mol. The van der Waals surface area contributed by atoms with Gasteiger partial charge in [0, 0.05) is 32.4 Å². The van der Waals surface area contributed by atoms with Gasteiger partial charge in [-0.15, -0.1) is 0 Å². The number of amides is 2. The SMILES string of the molecule is O=C(Nc1c(Cl)cccc1Cl)C(=O)N1CCN(c2ccccn2)CC1. The maximum Gasteiger partial charge on any atom is 0.313 e. The summed E-state index contributed by atoms with van der Waals surface area (Å²) in [5, 5.41) is 3.07. The molecule has 0 atom stereocenters. The van der Waals surface area contributed by atoms with Gasteiger partial charge in [-0.25, -0.2) is 4.98 Å². The number of rotatable bonds is 2. The highest BCUT2D eigenvalue weighted by Gasteiger charge is 2.27. The Hall–Kier alpha value is -2.31. The van der Waals surface area contributed by atoms with Gasteiger partial charge in [-0.3, -0.25) is 9.59 Å². The van der Waals surface area contributed by atoms with Crippen molar-refractivity contribution in [2.24, 2.45) is 0 Å². The monoisotopic (exact) mass is 378 g/mol. The summed E-state index contributed by atoms with van der Waals surface area (Å²) in [6, 6.07) is 10.6. The minimum absolute atomic E-state index is 0.247. The van der Waals surface area contributed by atoms with Gasteiger partial charge in [0.1, 0.15) is 5.82 Å². The standard InChI is InChI=1S/C17H16Cl2N4O2/c18-12-4-3-5-13(19)15(12)21-16(24)17(25)23-10-8-22(9-11-23)14-6-1-2-7-20-14/h1-7H,8-11H2,(H,21,24). The Morgan fingerprint density at radius 1 is 0.960 bits per heavy atom. The summed E-state index contributed by atoms with van der Waals surface area (Å²) >= 11 is 12.0. The number of nitrogens with zero attached hydrogens (tertiary/aromatic N) is 3. The molecule has 8 heteroatoms. The van der Waals surface area contributed by atoms with Crippen molar-refractivity contribution in [3.63, 3.8) is 0 Å². The first-order chi connectivity index (χ1) is 12.1. The first kappa shape index (κ1) is 17.5. The number of nitrogens with one attached hydrogen (secondary N) is 1. The van der Waals surface area contributed by atoms with E-state index in [2.05, 4.69) is 15.2 Å². The number of pyridine rings is 1. The molecule has 25 heavy (non-hydrogen) atoms. The molecular weight excluding hydrogens is 363 g/mol. The van der Waals surface area contributed by atoms with E-state index in [0.717, 1.165) is 5.82 Å². The molecular formula is C17H16Cl2N4O2. The Bertz CT molecular complexity index is 757. The largest absolute Gasteiger partial charge is 0.353 e. The molecule has 1 aliphatic rings. The van der Waals surface area contributed by atoms with Crippen LogP contribution in [-0.4, -0.2) is 47.9 Å². The molecule has 0 radical (unpaired) electrons. The van der Waals surface area contributed by atoms with Crippen LogP contribution in [0.4, 0.5) is 11.5 Å². The second kappa shape index (κ2) is 7.72. The van der Waals surface area contributed by atoms with Crippen molar-refractivity contribution < 1.29 is 9.59 Å². The number of aromatic nitrogens is 1. The summed E-state index contributed by atoms with van der Waals surface area (Å²) < 4.78 is 0. The van der Waals surface area contributed by atoms with Crippen LogP contribution >= 0.6 is 23.2 Å². The van der Waals surface area contributed by atoms with Gasteiger partial charge in [-0.1, -0.05) is 35.3 Å². The van der Waals surface area contributed by atoms with Crippen molar-refractivity contribution in [1.29, 1.82) is 0 Å². The molecule has 1 aliphatic heterocycles. The summed E-state index contributed by atoms with van der Waals surface area (Å²) in [5.41, 5.74) is 0.247. The molecule has 3 rings (SSSR count). The molecule has 0 saturated carbocycles. The third-order valence-corrected chi connectivity index (χ3v) is 4.57. The predicted octanol–water partition coefficient (Wildman–Crippen LogP) is 2.68. The van der Waals surface area contributed by atoms with Crippen LogP contribution in [0.25, 0.3) is 0 Å². The molecule has 1 N–H and O–H groups in total. The fraction of sp³-hybridized carbons (Fsp3) is 0.235. The molecule has 0 unspecified atom stereocenters. The van der Waals surface area contributed by atoms with E-state index in [1.54, 1.807) is 24.4 Å². The van der Waals surface area contributed by atoms with Crippen LogP contribution in [0.15, 0.2) is 42.6 Å². The first-order valence-electron chi connectivity index (χ1n) is 7.76. The fourth-order valence-electron chi connectivity index (χ4n) is 2.61. The summed E-state index contributed by atoms with van der Waals surface area (Å²) in [4.78, 5) is 32.5. The number of hydrogen-bond donors (Lipinski definition) is 1. The lowest BCUT2D eigenvalue weighted by Gasteiger charge is -2.35. The number of piperazine rings is 1. The molecule has 0 aliphatic carbocycles. The van der Waals surface area contributed by atoms with Crippen LogP contribution in [0.5, 0.6) is 0 Å². The van der Waals surface area contributed by atoms with Gasteiger partial charge in [0.2, 0.25) is 0 Å². The van der Waals surface area contributed by atoms with Crippen molar-refractivity contribution in [3.8, 4) is 0 Å². The number of halogens is 2. The maximum absolute atomic E-state index is 12.4. The smallest absolute Gasteiger partial charge is 0.313 e. The second-order valence-corrected chi connectivity index (χ2v) is 6.33. The van der Waals surface area contributed by atoms with Crippen LogP contribution in [0, 0.1) is 0 Å². The van der Waals surface area contributed by atoms with Crippen LogP contribution in [0.2, 0.25) is 10.0 Å². The quantitative estimate of drug-likeness (QED) is 0.815. The van der Waals surface area contributed by atoms with Crippen LogP contribution in [0.1, 0.15) is 0 Å². The van der Waals surface area contributed by atoms with E-state index in [1.165, 1.54) is 4.90 Å². The Balaban J connectivity index is 1.60. The van der Waals surface area contributed by atoms with Crippen molar-refractivity contribution in [3.05, 3.63) is 52.6 Å². The minimum atomic E-state index is -0.749. The van der Waals surface area contributed by atoms with E-state index in [1.807, 2.05) is 18.2 Å². The normalized spacial score (nSPS) is 14.3. The van der Waals surface area contributed by atoms with Gasteiger partial charge in [0.25, 0.3) is 0 Å². The van der Waals surface area contributed by atoms with Crippen LogP contribution < -0.4 is 10.2 Å². The molecule has 2 amide bonds. The Labute approximate surface area is 155 Å². The molecule has 130 valence electrons. The molecule has 1 saturated heterocycles. The number of para-hydroxylation sites is 1. The van der Waals surface area contributed by atoms with Crippen LogP contribution in [-0.2, 0) is 9.59 Å². The molecule has 1 aromatic heterocycles. The topological polar surface area (TPSA) is 65.5 Å². The lowest BCUT2D eigenvalue weighted by atomic mass is 10.2. The lowest BCUT2D eigenvalue weighted by Crippen LogP contribution is -2.51. The molecule has 0 spiro atoms. The minimum Gasteiger partial charge on any atom is -0.353 e. The highest BCUT2D eigenvalue weighted by atomic mass is 35.5. The van der Waals surface area contributed by atoms with Crippen molar-refractivity contribution in [2.75, 3.05) is 36.4 Å². The van der Waals surface area contributed by atoms with E-state index < -0.39 is 11.8 Å². The summed E-state index contributed by atoms with van der Waals surface area (Å²) in [5.74, 6) is -0.486. The second-order valence-electron chi connectivity index (χ2n) is 5.52. The van der Waals surface area contributed by atoms with E-state index in [4.69, 9.17) is 23.2 Å². The Kier molecular flexibility index (Phi) is 5.40. The van der Waals surface area contributed by atoms with Gasteiger partial charge < -0.3 is 15.1 Å². The van der Waals surface area contributed by atoms with Gasteiger partial charge in [-0.2, -0.15) is 0 Å². The van der Waals surface area contributed by atoms with Crippen LogP contribution in [0.3, 0.4) is 0 Å². The molecule has 1 aromatic carbocycles. The number of anilines is 2. The highest BCUT2D eigenvalue weighted by Crippen LogP contribution is 2.29. The highest BCUT2D eigenvalue weighted by molar-refractivity contribution is 6.44. The lowest BCUT2D eigenvalue weighted by molar-refractivity contribution is -0.143. The average Bonchev–Trinajstić information content (AvgIpc) is 2.65. The van der Waals surface area contributed by atoms with Gasteiger partial charge in [-0.05, 0) is 24.3 Å². The third kappa shape index (κ3) is 4.03. The zero-order valence-electron chi connectivity index (χ0n) is 13.3. The van der Waals surface area contributed by atoms with Crippen molar-refractivity contribution in [2.45, 2.75) is 0 Å². The molecule has 1 fully saturated rings. The zero-order chi connectivity index (χ0) is 17.8. The maximum atomic E-state index is 12.4. The first-order valence-corrected chi connectivity index (χ1v) is 8.52. The van der Waals surface area contributed by atoms with E-state index in [-0.39, 0.29) is 15.7 Å². The van der Waals surface area contributed by atoms with Crippen molar-refractivity contribution >= 4 is 46.5 Å². The van der Waals surface area contributed by atoms with E-state index >= 15 is 0 Å². The summed E-state index contributed by atoms with van der Waals surface area (Å²) in [7, 11) is 0.